The maximum atomic E-state index is 5.93. The van der Waals surface area contributed by atoms with Crippen LogP contribution >= 0.6 is 0 Å². The lowest BCUT2D eigenvalue weighted by molar-refractivity contribution is 0.307. The molecule has 100 valence electrons. The minimum absolute atomic E-state index is 0.574. The molecule has 6 heteroatoms. The van der Waals surface area contributed by atoms with Crippen molar-refractivity contribution in [3.63, 3.8) is 0 Å². The van der Waals surface area contributed by atoms with Crippen molar-refractivity contribution in [1.82, 2.24) is 24.6 Å². The van der Waals surface area contributed by atoms with E-state index >= 15 is 0 Å². The minimum atomic E-state index is 0.574. The van der Waals surface area contributed by atoms with Gasteiger partial charge in [-0.1, -0.05) is 0 Å². The molecule has 0 radical (unpaired) electrons. The molecule has 6 nitrogen and oxygen atoms in total. The molecule has 0 aliphatic carbocycles. The van der Waals surface area contributed by atoms with Crippen LogP contribution in [-0.4, -0.2) is 38.2 Å². The molecule has 1 aliphatic rings. The van der Waals surface area contributed by atoms with Crippen molar-refractivity contribution in [3.05, 3.63) is 28.7 Å². The predicted octanol–water partition coefficient (Wildman–Crippen LogP) is 0.849. The van der Waals surface area contributed by atoms with Crippen molar-refractivity contribution in [2.24, 2.45) is 0 Å². The first-order chi connectivity index (χ1) is 9.04. The molecule has 3 heterocycles. The third-order valence-corrected chi connectivity index (χ3v) is 3.49. The second-order valence-corrected chi connectivity index (χ2v) is 5.14. The van der Waals surface area contributed by atoms with Gasteiger partial charge in [0.1, 0.15) is 5.82 Å². The lowest BCUT2D eigenvalue weighted by Crippen LogP contribution is -2.29. The van der Waals surface area contributed by atoms with E-state index in [0.717, 1.165) is 36.6 Å². The summed E-state index contributed by atoms with van der Waals surface area (Å²) >= 11 is 0. The van der Waals surface area contributed by atoms with E-state index in [-0.39, 0.29) is 0 Å². The van der Waals surface area contributed by atoms with Crippen molar-refractivity contribution in [1.29, 1.82) is 0 Å². The molecular formula is C13H18N6. The van der Waals surface area contributed by atoms with Crippen LogP contribution in [0.5, 0.6) is 0 Å². The van der Waals surface area contributed by atoms with E-state index in [0.29, 0.717) is 11.8 Å². The zero-order valence-electron chi connectivity index (χ0n) is 11.5. The zero-order valence-corrected chi connectivity index (χ0v) is 11.5. The highest BCUT2D eigenvalue weighted by molar-refractivity contribution is 5.38. The summed E-state index contributed by atoms with van der Waals surface area (Å²) in [5.74, 6) is 1.15. The van der Waals surface area contributed by atoms with Crippen LogP contribution in [0.2, 0.25) is 0 Å². The Hall–Kier alpha value is -1.95. The summed E-state index contributed by atoms with van der Waals surface area (Å²) in [4.78, 5) is 11.5. The van der Waals surface area contributed by atoms with E-state index < -0.39 is 0 Å². The van der Waals surface area contributed by atoms with Crippen molar-refractivity contribution >= 4 is 5.82 Å². The first-order valence-electron chi connectivity index (χ1n) is 6.42. The molecule has 2 aromatic rings. The summed E-state index contributed by atoms with van der Waals surface area (Å²) in [6.45, 7) is 5.87. The first kappa shape index (κ1) is 12.1. The van der Waals surface area contributed by atoms with E-state index in [4.69, 9.17) is 5.73 Å². The second-order valence-electron chi connectivity index (χ2n) is 5.14. The number of hydrogen-bond acceptors (Lipinski definition) is 5. The molecule has 1 aliphatic heterocycles. The average molecular weight is 258 g/mol. The standard InChI is InChI=1S/C13H18N6/c1-8-6-12(14)19(17-8)13-15-9(2)10-7-18(3)5-4-11(10)16-13/h6H,4-5,7,14H2,1-3H3. The summed E-state index contributed by atoms with van der Waals surface area (Å²) in [6.07, 6.45) is 0.947. The van der Waals surface area contributed by atoms with Crippen molar-refractivity contribution in [2.45, 2.75) is 26.8 Å². The molecule has 19 heavy (non-hydrogen) atoms. The number of nitrogen functional groups attached to an aromatic ring is 1. The predicted molar refractivity (Wildman–Crippen MR) is 73.1 cm³/mol. The van der Waals surface area contributed by atoms with Crippen LogP contribution in [0.4, 0.5) is 5.82 Å². The third-order valence-electron chi connectivity index (χ3n) is 3.49. The Balaban J connectivity index is 2.10. The van der Waals surface area contributed by atoms with Gasteiger partial charge in [-0.2, -0.15) is 9.78 Å². The van der Waals surface area contributed by atoms with Gasteiger partial charge in [0.25, 0.3) is 5.95 Å². The fourth-order valence-electron chi connectivity index (χ4n) is 2.47. The third kappa shape index (κ3) is 2.08. The molecule has 0 atom stereocenters. The van der Waals surface area contributed by atoms with Gasteiger partial charge in [0.05, 0.1) is 11.4 Å². The fourth-order valence-corrected chi connectivity index (χ4v) is 2.47. The lowest BCUT2D eigenvalue weighted by Gasteiger charge is -2.25. The van der Waals surface area contributed by atoms with Gasteiger partial charge in [0, 0.05) is 36.8 Å². The van der Waals surface area contributed by atoms with Crippen molar-refractivity contribution < 1.29 is 0 Å². The van der Waals surface area contributed by atoms with Gasteiger partial charge < -0.3 is 10.6 Å². The number of anilines is 1. The Morgan fingerprint density at radius 1 is 1.26 bits per heavy atom. The summed E-state index contributed by atoms with van der Waals surface area (Å²) < 4.78 is 1.61. The van der Waals surface area contributed by atoms with E-state index in [2.05, 4.69) is 27.0 Å². The number of aromatic nitrogens is 4. The number of aryl methyl sites for hydroxylation is 2. The zero-order chi connectivity index (χ0) is 13.6. The Morgan fingerprint density at radius 2 is 2.05 bits per heavy atom. The normalized spacial score (nSPS) is 15.5. The fraction of sp³-hybridized carbons (Fsp3) is 0.462. The maximum absolute atomic E-state index is 5.93. The van der Waals surface area contributed by atoms with E-state index in [1.54, 1.807) is 4.68 Å². The Morgan fingerprint density at radius 3 is 2.74 bits per heavy atom. The topological polar surface area (TPSA) is 72.9 Å². The van der Waals surface area contributed by atoms with Crippen LogP contribution in [0.3, 0.4) is 0 Å². The smallest absolute Gasteiger partial charge is 0.252 e. The Kier molecular flexibility index (Phi) is 2.74. The molecule has 0 unspecified atom stereocenters. The van der Waals surface area contributed by atoms with Crippen LogP contribution in [0, 0.1) is 13.8 Å². The molecule has 0 amide bonds. The number of rotatable bonds is 1. The number of likely N-dealkylation sites (N-methyl/N-ethyl adjacent to an activating group) is 1. The molecule has 2 N–H and O–H groups in total. The minimum Gasteiger partial charge on any atom is -0.383 e. The maximum Gasteiger partial charge on any atom is 0.252 e. The monoisotopic (exact) mass is 258 g/mol. The first-order valence-corrected chi connectivity index (χ1v) is 6.42. The molecule has 3 rings (SSSR count). The summed E-state index contributed by atoms with van der Waals surface area (Å²) in [5, 5.41) is 4.34. The summed E-state index contributed by atoms with van der Waals surface area (Å²) in [6, 6.07) is 1.83. The molecule has 0 aromatic carbocycles. The van der Waals surface area contributed by atoms with Gasteiger partial charge in [-0.15, -0.1) is 0 Å². The van der Waals surface area contributed by atoms with Crippen molar-refractivity contribution in [2.75, 3.05) is 19.3 Å². The highest BCUT2D eigenvalue weighted by Crippen LogP contribution is 2.21. The van der Waals surface area contributed by atoms with Gasteiger partial charge in [0.15, 0.2) is 0 Å². The highest BCUT2D eigenvalue weighted by Gasteiger charge is 2.19. The lowest BCUT2D eigenvalue weighted by atomic mass is 10.1. The van der Waals surface area contributed by atoms with Gasteiger partial charge in [0.2, 0.25) is 0 Å². The van der Waals surface area contributed by atoms with Gasteiger partial charge in [-0.3, -0.25) is 0 Å². The van der Waals surface area contributed by atoms with Crippen LogP contribution in [-0.2, 0) is 13.0 Å². The van der Waals surface area contributed by atoms with Crippen LogP contribution in [0.25, 0.3) is 5.95 Å². The molecule has 0 saturated heterocycles. The van der Waals surface area contributed by atoms with E-state index in [1.165, 1.54) is 5.56 Å². The quantitative estimate of drug-likeness (QED) is 0.821. The van der Waals surface area contributed by atoms with E-state index in [9.17, 15) is 0 Å². The van der Waals surface area contributed by atoms with Gasteiger partial charge in [-0.05, 0) is 20.9 Å². The SMILES string of the molecule is Cc1cc(N)n(-c2nc(C)c3c(n2)CCN(C)C3)n1. The number of nitrogens with two attached hydrogens (primary N) is 1. The van der Waals surface area contributed by atoms with Crippen LogP contribution < -0.4 is 5.73 Å². The van der Waals surface area contributed by atoms with Gasteiger partial charge in [-0.25, -0.2) is 9.97 Å². The number of hydrogen-bond donors (Lipinski definition) is 1. The summed E-state index contributed by atoms with van der Waals surface area (Å²) in [5.41, 5.74) is 10.2. The summed E-state index contributed by atoms with van der Waals surface area (Å²) in [7, 11) is 2.12. The Bertz CT molecular complexity index is 630. The van der Waals surface area contributed by atoms with Crippen molar-refractivity contribution in [3.8, 4) is 5.95 Å². The Labute approximate surface area is 112 Å². The molecule has 2 aromatic heterocycles. The molecular weight excluding hydrogens is 240 g/mol. The van der Waals surface area contributed by atoms with E-state index in [1.807, 2.05) is 19.9 Å². The van der Waals surface area contributed by atoms with Gasteiger partial charge >= 0.3 is 0 Å². The molecule has 0 saturated carbocycles. The molecule has 0 fully saturated rings. The molecule has 0 spiro atoms. The number of fused-ring (bicyclic) bond motifs is 1. The number of nitrogens with zero attached hydrogens (tertiary/aromatic N) is 5. The van der Waals surface area contributed by atoms with Crippen LogP contribution in [0.1, 0.15) is 22.6 Å². The second kappa shape index (κ2) is 4.31. The largest absolute Gasteiger partial charge is 0.383 e. The highest BCUT2D eigenvalue weighted by atomic mass is 15.4. The molecule has 0 bridgehead atoms. The van der Waals surface area contributed by atoms with Crippen LogP contribution in [0.15, 0.2) is 6.07 Å². The average Bonchev–Trinajstić information content (AvgIpc) is 2.69.